The van der Waals surface area contributed by atoms with Gasteiger partial charge in [0.15, 0.2) is 0 Å². The number of rotatable bonds is 2. The van der Waals surface area contributed by atoms with E-state index in [0.29, 0.717) is 11.0 Å². The molecule has 0 amide bonds. The maximum atomic E-state index is 13.4. The highest BCUT2D eigenvalue weighted by Crippen LogP contribution is 2.37. The standard InChI is InChI=1S/C17H26FNO/c1-12(20)15-11-14(18)5-6-16(15)19-9-7-13(8-10-19)17(2,3)4/h5-6,11-13,20H,7-10H2,1-4H3/t12-/m0/s1. The fraction of sp³-hybridized carbons (Fsp3) is 0.647. The average Bonchev–Trinajstić information content (AvgIpc) is 2.37. The fourth-order valence-electron chi connectivity index (χ4n) is 3.13. The highest BCUT2D eigenvalue weighted by Gasteiger charge is 2.29. The summed E-state index contributed by atoms with van der Waals surface area (Å²) in [5.41, 5.74) is 2.02. The van der Waals surface area contributed by atoms with E-state index in [4.69, 9.17) is 0 Å². The SMILES string of the molecule is C[C@H](O)c1cc(F)ccc1N1CCC(C(C)(C)C)CC1. The van der Waals surface area contributed by atoms with E-state index in [1.165, 1.54) is 12.1 Å². The molecule has 0 unspecified atom stereocenters. The maximum absolute atomic E-state index is 13.4. The number of benzene rings is 1. The smallest absolute Gasteiger partial charge is 0.123 e. The number of piperidine rings is 1. The summed E-state index contributed by atoms with van der Waals surface area (Å²) in [6.07, 6.45) is 1.67. The highest BCUT2D eigenvalue weighted by molar-refractivity contribution is 5.55. The molecule has 1 N–H and O–H groups in total. The summed E-state index contributed by atoms with van der Waals surface area (Å²) in [5.74, 6) is 0.448. The summed E-state index contributed by atoms with van der Waals surface area (Å²) >= 11 is 0. The lowest BCUT2D eigenvalue weighted by Crippen LogP contribution is -2.38. The van der Waals surface area contributed by atoms with Gasteiger partial charge < -0.3 is 10.0 Å². The molecule has 1 aromatic carbocycles. The second kappa shape index (κ2) is 5.72. The molecule has 112 valence electrons. The van der Waals surface area contributed by atoms with Crippen molar-refractivity contribution < 1.29 is 9.50 Å². The molecule has 0 spiro atoms. The first-order valence-corrected chi connectivity index (χ1v) is 7.51. The third-order valence-corrected chi connectivity index (χ3v) is 4.50. The summed E-state index contributed by atoms with van der Waals surface area (Å²) in [4.78, 5) is 2.28. The van der Waals surface area contributed by atoms with Gasteiger partial charge in [0.25, 0.3) is 0 Å². The molecule has 1 aliphatic rings. The Bertz CT molecular complexity index is 457. The van der Waals surface area contributed by atoms with Gasteiger partial charge in [0, 0.05) is 24.3 Å². The molecule has 2 rings (SSSR count). The molecule has 1 saturated heterocycles. The number of aliphatic hydroxyl groups is 1. The van der Waals surface area contributed by atoms with Gasteiger partial charge in [0.05, 0.1) is 6.10 Å². The normalized spacial score (nSPS) is 19.2. The largest absolute Gasteiger partial charge is 0.389 e. The summed E-state index contributed by atoms with van der Waals surface area (Å²) < 4.78 is 13.4. The van der Waals surface area contributed by atoms with Crippen LogP contribution in [0.2, 0.25) is 0 Å². The van der Waals surface area contributed by atoms with Gasteiger partial charge in [0.1, 0.15) is 5.82 Å². The summed E-state index contributed by atoms with van der Waals surface area (Å²) in [6.45, 7) is 10.5. The van der Waals surface area contributed by atoms with Crippen molar-refractivity contribution in [3.8, 4) is 0 Å². The van der Waals surface area contributed by atoms with E-state index in [2.05, 4.69) is 25.7 Å². The van der Waals surface area contributed by atoms with Crippen molar-refractivity contribution in [2.75, 3.05) is 18.0 Å². The van der Waals surface area contributed by atoms with Crippen molar-refractivity contribution in [1.29, 1.82) is 0 Å². The molecule has 1 heterocycles. The lowest BCUT2D eigenvalue weighted by Gasteiger charge is -2.40. The van der Waals surface area contributed by atoms with Crippen LogP contribution in [0, 0.1) is 17.2 Å². The van der Waals surface area contributed by atoms with Crippen LogP contribution in [0.4, 0.5) is 10.1 Å². The van der Waals surface area contributed by atoms with Gasteiger partial charge in [-0.3, -0.25) is 0 Å². The first-order valence-electron chi connectivity index (χ1n) is 7.51. The molecule has 0 saturated carbocycles. The summed E-state index contributed by atoms with van der Waals surface area (Å²) in [6, 6.07) is 4.74. The predicted octanol–water partition coefficient (Wildman–Crippen LogP) is 4.14. The Balaban J connectivity index is 2.15. The van der Waals surface area contributed by atoms with Crippen LogP contribution in [0.1, 0.15) is 52.2 Å². The van der Waals surface area contributed by atoms with Crippen LogP contribution in [0.5, 0.6) is 0 Å². The van der Waals surface area contributed by atoms with E-state index in [1.807, 2.05) is 0 Å². The molecular formula is C17H26FNO. The molecule has 0 radical (unpaired) electrons. The molecule has 2 nitrogen and oxygen atoms in total. The quantitative estimate of drug-likeness (QED) is 0.879. The summed E-state index contributed by atoms with van der Waals surface area (Å²) in [5, 5.41) is 9.85. The molecule has 1 aliphatic heterocycles. The van der Waals surface area contributed by atoms with E-state index in [9.17, 15) is 9.50 Å². The Hall–Kier alpha value is -1.09. The number of hydrogen-bond donors (Lipinski definition) is 1. The van der Waals surface area contributed by atoms with E-state index >= 15 is 0 Å². The molecular weight excluding hydrogens is 253 g/mol. The second-order valence-corrected chi connectivity index (χ2v) is 7.01. The van der Waals surface area contributed by atoms with Crippen molar-refractivity contribution in [2.45, 2.75) is 46.6 Å². The van der Waals surface area contributed by atoms with Crippen LogP contribution in [-0.4, -0.2) is 18.2 Å². The van der Waals surface area contributed by atoms with Gasteiger partial charge in [-0.05, 0) is 49.3 Å². The van der Waals surface area contributed by atoms with Crippen LogP contribution in [0.3, 0.4) is 0 Å². The Kier molecular flexibility index (Phi) is 4.38. The minimum absolute atomic E-state index is 0.283. The number of nitrogens with zero attached hydrogens (tertiary/aromatic N) is 1. The molecule has 0 aromatic heterocycles. The molecule has 1 atom stereocenters. The fourth-order valence-corrected chi connectivity index (χ4v) is 3.13. The van der Waals surface area contributed by atoms with Gasteiger partial charge in [0.2, 0.25) is 0 Å². The predicted molar refractivity (Wildman–Crippen MR) is 81.4 cm³/mol. The molecule has 0 aliphatic carbocycles. The molecule has 20 heavy (non-hydrogen) atoms. The Labute approximate surface area is 121 Å². The number of hydrogen-bond acceptors (Lipinski definition) is 2. The van der Waals surface area contributed by atoms with Crippen molar-refractivity contribution in [3.63, 3.8) is 0 Å². The summed E-state index contributed by atoms with van der Waals surface area (Å²) in [7, 11) is 0. The first-order chi connectivity index (χ1) is 9.29. The molecule has 0 bridgehead atoms. The second-order valence-electron chi connectivity index (χ2n) is 7.01. The van der Waals surface area contributed by atoms with Crippen molar-refractivity contribution >= 4 is 5.69 Å². The Morgan fingerprint density at radius 1 is 1.25 bits per heavy atom. The number of halogens is 1. The van der Waals surface area contributed by atoms with Crippen molar-refractivity contribution in [3.05, 3.63) is 29.6 Å². The zero-order chi connectivity index (χ0) is 14.9. The average molecular weight is 279 g/mol. The zero-order valence-corrected chi connectivity index (χ0v) is 13.0. The lowest BCUT2D eigenvalue weighted by atomic mass is 9.75. The van der Waals surface area contributed by atoms with Gasteiger partial charge >= 0.3 is 0 Å². The third kappa shape index (κ3) is 3.32. The first kappa shape index (κ1) is 15.3. The molecule has 1 aromatic rings. The van der Waals surface area contributed by atoms with E-state index in [0.717, 1.165) is 37.5 Å². The van der Waals surface area contributed by atoms with Crippen molar-refractivity contribution in [1.82, 2.24) is 0 Å². The van der Waals surface area contributed by atoms with Gasteiger partial charge in [-0.15, -0.1) is 0 Å². The highest BCUT2D eigenvalue weighted by atomic mass is 19.1. The van der Waals surface area contributed by atoms with Gasteiger partial charge in [-0.2, -0.15) is 0 Å². The zero-order valence-electron chi connectivity index (χ0n) is 13.0. The lowest BCUT2D eigenvalue weighted by molar-refractivity contribution is 0.193. The maximum Gasteiger partial charge on any atom is 0.123 e. The monoisotopic (exact) mass is 279 g/mol. The van der Waals surface area contributed by atoms with Crippen LogP contribution < -0.4 is 4.90 Å². The Morgan fingerprint density at radius 3 is 2.35 bits per heavy atom. The molecule has 3 heteroatoms. The van der Waals surface area contributed by atoms with Crippen LogP contribution >= 0.6 is 0 Å². The minimum Gasteiger partial charge on any atom is -0.389 e. The van der Waals surface area contributed by atoms with Crippen LogP contribution in [0.25, 0.3) is 0 Å². The molecule has 1 fully saturated rings. The Morgan fingerprint density at radius 2 is 1.85 bits per heavy atom. The number of aliphatic hydroxyl groups excluding tert-OH is 1. The topological polar surface area (TPSA) is 23.5 Å². The van der Waals surface area contributed by atoms with E-state index in [-0.39, 0.29) is 5.82 Å². The van der Waals surface area contributed by atoms with Gasteiger partial charge in [-0.1, -0.05) is 20.8 Å². The van der Waals surface area contributed by atoms with E-state index < -0.39 is 6.10 Å². The van der Waals surface area contributed by atoms with E-state index in [1.54, 1.807) is 13.0 Å². The van der Waals surface area contributed by atoms with Crippen LogP contribution in [0.15, 0.2) is 18.2 Å². The number of anilines is 1. The van der Waals surface area contributed by atoms with Crippen molar-refractivity contribution in [2.24, 2.45) is 11.3 Å². The third-order valence-electron chi connectivity index (χ3n) is 4.50. The van der Waals surface area contributed by atoms with Crippen LogP contribution in [-0.2, 0) is 0 Å². The minimum atomic E-state index is -0.638. The van der Waals surface area contributed by atoms with Gasteiger partial charge in [-0.25, -0.2) is 4.39 Å².